The summed E-state index contributed by atoms with van der Waals surface area (Å²) in [7, 11) is 1.69. The third-order valence-corrected chi connectivity index (χ3v) is 3.33. The van der Waals surface area contributed by atoms with E-state index in [-0.39, 0.29) is 5.41 Å². The fraction of sp³-hybridized carbons (Fsp3) is 1.00. The maximum atomic E-state index is 5.81. The topological polar surface area (TPSA) is 44.5 Å². The second-order valence-electron chi connectivity index (χ2n) is 4.72. The summed E-state index contributed by atoms with van der Waals surface area (Å²) >= 11 is 0. The van der Waals surface area contributed by atoms with Gasteiger partial charge >= 0.3 is 0 Å². The second-order valence-corrected chi connectivity index (χ2v) is 4.72. The van der Waals surface area contributed by atoms with Gasteiger partial charge in [0.1, 0.15) is 0 Å². The van der Waals surface area contributed by atoms with Crippen molar-refractivity contribution in [1.29, 1.82) is 0 Å². The van der Waals surface area contributed by atoms with Gasteiger partial charge in [0.2, 0.25) is 0 Å². The van der Waals surface area contributed by atoms with E-state index in [0.717, 1.165) is 26.0 Å². The highest BCUT2D eigenvalue weighted by Crippen LogP contribution is 2.30. The van der Waals surface area contributed by atoms with E-state index >= 15 is 0 Å². The molecule has 0 aromatic heterocycles. The Balaban J connectivity index is 3.55. The van der Waals surface area contributed by atoms with Crippen LogP contribution in [0, 0.1) is 11.3 Å². The lowest BCUT2D eigenvalue weighted by Crippen LogP contribution is -2.32. The van der Waals surface area contributed by atoms with Crippen molar-refractivity contribution >= 4 is 0 Å². The van der Waals surface area contributed by atoms with Gasteiger partial charge in [-0.15, -0.1) is 0 Å². The van der Waals surface area contributed by atoms with Crippen molar-refractivity contribution < 1.29 is 9.47 Å². The van der Waals surface area contributed by atoms with Crippen molar-refractivity contribution in [1.82, 2.24) is 0 Å². The maximum Gasteiger partial charge on any atom is 0.0700 e. The highest BCUT2D eigenvalue weighted by Gasteiger charge is 2.25. The molecule has 0 bridgehead atoms. The minimum atomic E-state index is 0.255. The Morgan fingerprint density at radius 2 is 1.87 bits per heavy atom. The van der Waals surface area contributed by atoms with Crippen LogP contribution in [0.25, 0.3) is 0 Å². The predicted molar refractivity (Wildman–Crippen MR) is 63.9 cm³/mol. The Hall–Kier alpha value is -0.120. The molecule has 0 aromatic carbocycles. The van der Waals surface area contributed by atoms with Crippen molar-refractivity contribution in [3.05, 3.63) is 0 Å². The molecule has 0 aliphatic rings. The molecule has 1 unspecified atom stereocenters. The van der Waals surface area contributed by atoms with Gasteiger partial charge in [0.25, 0.3) is 0 Å². The van der Waals surface area contributed by atoms with Gasteiger partial charge in [-0.1, -0.05) is 20.8 Å². The van der Waals surface area contributed by atoms with Crippen molar-refractivity contribution in [2.75, 3.05) is 33.5 Å². The zero-order valence-corrected chi connectivity index (χ0v) is 10.7. The molecule has 0 heterocycles. The Kier molecular flexibility index (Phi) is 8.02. The predicted octanol–water partition coefficient (Wildman–Crippen LogP) is 2.05. The molecule has 0 saturated carbocycles. The van der Waals surface area contributed by atoms with E-state index in [2.05, 4.69) is 20.8 Å². The van der Waals surface area contributed by atoms with Gasteiger partial charge in [-0.05, 0) is 30.7 Å². The molecule has 0 radical (unpaired) electrons. The minimum Gasteiger partial charge on any atom is -0.382 e. The van der Waals surface area contributed by atoms with E-state index in [9.17, 15) is 0 Å². The molecule has 0 spiro atoms. The quantitative estimate of drug-likeness (QED) is 0.601. The zero-order chi connectivity index (χ0) is 11.7. The van der Waals surface area contributed by atoms with Crippen LogP contribution in [0.2, 0.25) is 0 Å². The molecule has 3 nitrogen and oxygen atoms in total. The van der Waals surface area contributed by atoms with Gasteiger partial charge in [0.05, 0.1) is 13.2 Å². The summed E-state index contributed by atoms with van der Waals surface area (Å²) in [6, 6.07) is 0. The average molecular weight is 217 g/mol. The minimum absolute atomic E-state index is 0.255. The number of nitrogens with two attached hydrogens (primary N) is 1. The first-order valence-electron chi connectivity index (χ1n) is 5.83. The Bertz CT molecular complexity index is 151. The highest BCUT2D eigenvalue weighted by atomic mass is 16.5. The first kappa shape index (κ1) is 14.9. The molecule has 2 N–H and O–H groups in total. The number of hydrogen-bond acceptors (Lipinski definition) is 3. The van der Waals surface area contributed by atoms with Gasteiger partial charge in [0.15, 0.2) is 0 Å². The van der Waals surface area contributed by atoms with Crippen LogP contribution in [0.1, 0.15) is 33.6 Å². The Morgan fingerprint density at radius 3 is 2.33 bits per heavy atom. The van der Waals surface area contributed by atoms with Gasteiger partial charge < -0.3 is 15.2 Å². The molecule has 3 heteroatoms. The Morgan fingerprint density at radius 1 is 1.20 bits per heavy atom. The van der Waals surface area contributed by atoms with Crippen LogP contribution >= 0.6 is 0 Å². The van der Waals surface area contributed by atoms with Crippen LogP contribution in [0.3, 0.4) is 0 Å². The summed E-state index contributed by atoms with van der Waals surface area (Å²) in [6.45, 7) is 9.66. The molecule has 0 fully saturated rings. The summed E-state index contributed by atoms with van der Waals surface area (Å²) in [5.74, 6) is 0.626. The first-order chi connectivity index (χ1) is 7.06. The molecule has 0 amide bonds. The SMILES string of the molecule is COCCOCCCC(C)(CN)C(C)C. The summed E-state index contributed by atoms with van der Waals surface area (Å²) in [4.78, 5) is 0. The molecule has 0 rings (SSSR count). The van der Waals surface area contributed by atoms with Crippen LogP contribution < -0.4 is 5.73 Å². The van der Waals surface area contributed by atoms with Crippen LogP contribution in [-0.4, -0.2) is 33.5 Å². The summed E-state index contributed by atoms with van der Waals surface area (Å²) < 4.78 is 10.3. The molecule has 0 aliphatic heterocycles. The van der Waals surface area contributed by atoms with E-state index in [1.54, 1.807) is 7.11 Å². The van der Waals surface area contributed by atoms with E-state index < -0.39 is 0 Å². The standard InChI is InChI=1S/C12H27NO2/c1-11(2)12(3,10-13)6-5-7-15-9-8-14-4/h11H,5-10,13H2,1-4H3. The third kappa shape index (κ3) is 6.13. The molecule has 0 saturated heterocycles. The van der Waals surface area contributed by atoms with Gasteiger partial charge in [-0.25, -0.2) is 0 Å². The van der Waals surface area contributed by atoms with Gasteiger partial charge in [-0.2, -0.15) is 0 Å². The van der Waals surface area contributed by atoms with Crippen LogP contribution in [0.15, 0.2) is 0 Å². The third-order valence-electron chi connectivity index (χ3n) is 3.33. The van der Waals surface area contributed by atoms with Crippen molar-refractivity contribution in [3.8, 4) is 0 Å². The summed E-state index contributed by atoms with van der Waals surface area (Å²) in [5, 5.41) is 0. The molecule has 15 heavy (non-hydrogen) atoms. The smallest absolute Gasteiger partial charge is 0.0700 e. The lowest BCUT2D eigenvalue weighted by atomic mass is 9.76. The largest absolute Gasteiger partial charge is 0.382 e. The molecular weight excluding hydrogens is 190 g/mol. The normalized spacial score (nSPS) is 15.6. The number of methoxy groups -OCH3 is 1. The van der Waals surface area contributed by atoms with Crippen LogP contribution in [-0.2, 0) is 9.47 Å². The molecule has 0 aromatic rings. The second kappa shape index (κ2) is 8.08. The number of ether oxygens (including phenoxy) is 2. The highest BCUT2D eigenvalue weighted by molar-refractivity contribution is 4.78. The fourth-order valence-electron chi connectivity index (χ4n) is 1.45. The zero-order valence-electron chi connectivity index (χ0n) is 10.7. The lowest BCUT2D eigenvalue weighted by molar-refractivity contribution is 0.0616. The van der Waals surface area contributed by atoms with E-state index in [1.807, 2.05) is 0 Å². The molecular formula is C12H27NO2. The van der Waals surface area contributed by atoms with Crippen molar-refractivity contribution in [3.63, 3.8) is 0 Å². The molecule has 92 valence electrons. The lowest BCUT2D eigenvalue weighted by Gasteiger charge is -2.32. The van der Waals surface area contributed by atoms with Crippen molar-refractivity contribution in [2.45, 2.75) is 33.6 Å². The average Bonchev–Trinajstić information content (AvgIpc) is 2.22. The number of rotatable bonds is 9. The Labute approximate surface area is 94.3 Å². The molecule has 0 aliphatic carbocycles. The van der Waals surface area contributed by atoms with E-state index in [4.69, 9.17) is 15.2 Å². The van der Waals surface area contributed by atoms with Gasteiger partial charge in [-0.3, -0.25) is 0 Å². The fourth-order valence-corrected chi connectivity index (χ4v) is 1.45. The van der Waals surface area contributed by atoms with Crippen molar-refractivity contribution in [2.24, 2.45) is 17.1 Å². The summed E-state index contributed by atoms with van der Waals surface area (Å²) in [6.07, 6.45) is 2.21. The van der Waals surface area contributed by atoms with Gasteiger partial charge in [0, 0.05) is 13.7 Å². The van der Waals surface area contributed by atoms with E-state index in [1.165, 1.54) is 0 Å². The van der Waals surface area contributed by atoms with Crippen LogP contribution in [0.5, 0.6) is 0 Å². The maximum absolute atomic E-state index is 5.81. The summed E-state index contributed by atoms with van der Waals surface area (Å²) in [5.41, 5.74) is 6.06. The number of hydrogen-bond donors (Lipinski definition) is 1. The monoisotopic (exact) mass is 217 g/mol. The van der Waals surface area contributed by atoms with Crippen LogP contribution in [0.4, 0.5) is 0 Å². The molecule has 1 atom stereocenters. The first-order valence-corrected chi connectivity index (χ1v) is 5.83. The van der Waals surface area contributed by atoms with E-state index in [0.29, 0.717) is 19.1 Å².